The molecule has 0 aromatic heterocycles. The second kappa shape index (κ2) is 6.59. The van der Waals surface area contributed by atoms with Gasteiger partial charge in [0.2, 0.25) is 0 Å². The van der Waals surface area contributed by atoms with Gasteiger partial charge in [0.15, 0.2) is 0 Å². The van der Waals surface area contributed by atoms with Crippen LogP contribution in [0.3, 0.4) is 0 Å². The standard InChI is InChI=1S/C28H30O3/c1-27(2,3)17-14-20-24(26(29)31-25(20)21(15-17)28(4,5)6)16-11-12-23-19(13-16)18-9-7-8-10-22(18)30-23/h7-15,18,22,24H,1-6H3. The maximum Gasteiger partial charge on any atom is 0.323 e. The van der Waals surface area contributed by atoms with Crippen LogP contribution in [-0.2, 0) is 15.6 Å². The highest BCUT2D eigenvalue weighted by atomic mass is 16.5. The van der Waals surface area contributed by atoms with Crippen LogP contribution in [0.1, 0.15) is 81.2 Å². The van der Waals surface area contributed by atoms with E-state index in [0.717, 1.165) is 33.8 Å². The van der Waals surface area contributed by atoms with E-state index in [1.54, 1.807) is 0 Å². The van der Waals surface area contributed by atoms with Gasteiger partial charge < -0.3 is 9.47 Å². The Labute approximate surface area is 184 Å². The third-order valence-electron chi connectivity index (χ3n) is 6.61. The molecular formula is C28H30O3. The molecule has 2 aliphatic heterocycles. The molecule has 0 saturated heterocycles. The Morgan fingerprint density at radius 1 is 0.839 bits per heavy atom. The molecular weight excluding hydrogens is 384 g/mol. The second-order valence-corrected chi connectivity index (χ2v) is 11.0. The summed E-state index contributed by atoms with van der Waals surface area (Å²) in [6.07, 6.45) is 8.40. The SMILES string of the molecule is CC(C)(C)c1cc2c(c(C(C)(C)C)c1)OC(=O)C2c1ccc2c(c1)C1C=CC=CC1O2. The molecule has 0 spiro atoms. The summed E-state index contributed by atoms with van der Waals surface area (Å²) in [5.41, 5.74) is 5.27. The molecule has 0 saturated carbocycles. The number of rotatable bonds is 1. The molecule has 5 rings (SSSR count). The van der Waals surface area contributed by atoms with Gasteiger partial charge in [-0.15, -0.1) is 0 Å². The molecule has 0 fully saturated rings. The third kappa shape index (κ3) is 3.22. The number of hydrogen-bond acceptors (Lipinski definition) is 3. The fraction of sp³-hybridized carbons (Fsp3) is 0.393. The number of carbonyl (C=O) groups is 1. The third-order valence-corrected chi connectivity index (χ3v) is 6.61. The highest BCUT2D eigenvalue weighted by Crippen LogP contribution is 2.49. The molecule has 3 nitrogen and oxygen atoms in total. The normalized spacial score (nSPS) is 23.8. The predicted octanol–water partition coefficient (Wildman–Crippen LogP) is 6.30. The summed E-state index contributed by atoms with van der Waals surface area (Å²) < 4.78 is 12.0. The van der Waals surface area contributed by atoms with Gasteiger partial charge in [-0.05, 0) is 34.1 Å². The molecule has 2 aromatic carbocycles. The van der Waals surface area contributed by atoms with Crippen molar-refractivity contribution >= 4 is 5.97 Å². The van der Waals surface area contributed by atoms with Crippen molar-refractivity contribution in [1.29, 1.82) is 0 Å². The van der Waals surface area contributed by atoms with Crippen LogP contribution in [-0.4, -0.2) is 12.1 Å². The van der Waals surface area contributed by atoms with E-state index >= 15 is 0 Å². The lowest BCUT2D eigenvalue weighted by Gasteiger charge is -2.27. The summed E-state index contributed by atoms with van der Waals surface area (Å²) in [6.45, 7) is 13.2. The van der Waals surface area contributed by atoms with Gasteiger partial charge in [-0.3, -0.25) is 4.79 Å². The highest BCUT2D eigenvalue weighted by Gasteiger charge is 2.41. The minimum absolute atomic E-state index is 0.0244. The Balaban J connectivity index is 1.65. The highest BCUT2D eigenvalue weighted by molar-refractivity contribution is 5.90. The lowest BCUT2D eigenvalue weighted by molar-refractivity contribution is -0.133. The first-order chi connectivity index (χ1) is 14.5. The second-order valence-electron chi connectivity index (χ2n) is 11.0. The van der Waals surface area contributed by atoms with Crippen LogP contribution in [0.5, 0.6) is 11.5 Å². The molecule has 2 aromatic rings. The fourth-order valence-corrected chi connectivity index (χ4v) is 4.81. The van der Waals surface area contributed by atoms with Crippen LogP contribution in [0, 0.1) is 0 Å². The summed E-state index contributed by atoms with van der Waals surface area (Å²) >= 11 is 0. The molecule has 0 bridgehead atoms. The van der Waals surface area contributed by atoms with Crippen LogP contribution in [0.15, 0.2) is 54.6 Å². The van der Waals surface area contributed by atoms with Crippen molar-refractivity contribution in [1.82, 2.24) is 0 Å². The van der Waals surface area contributed by atoms with Gasteiger partial charge in [0.05, 0.1) is 0 Å². The topological polar surface area (TPSA) is 35.5 Å². The number of fused-ring (bicyclic) bond motifs is 4. The Morgan fingerprint density at radius 3 is 2.29 bits per heavy atom. The monoisotopic (exact) mass is 414 g/mol. The van der Waals surface area contributed by atoms with E-state index < -0.39 is 5.92 Å². The predicted molar refractivity (Wildman–Crippen MR) is 123 cm³/mol. The molecule has 0 radical (unpaired) electrons. The largest absolute Gasteiger partial charge is 0.485 e. The van der Waals surface area contributed by atoms with Crippen LogP contribution in [0.2, 0.25) is 0 Å². The van der Waals surface area contributed by atoms with Crippen molar-refractivity contribution in [3.05, 3.63) is 82.5 Å². The van der Waals surface area contributed by atoms with Crippen molar-refractivity contribution in [2.24, 2.45) is 0 Å². The fourth-order valence-electron chi connectivity index (χ4n) is 4.81. The number of esters is 1. The maximum absolute atomic E-state index is 13.2. The number of allylic oxidation sites excluding steroid dienone is 2. The maximum atomic E-state index is 13.2. The van der Waals surface area contributed by atoms with Gasteiger partial charge >= 0.3 is 5.97 Å². The Hall–Kier alpha value is -2.81. The van der Waals surface area contributed by atoms with Crippen LogP contribution < -0.4 is 9.47 Å². The Morgan fingerprint density at radius 2 is 1.58 bits per heavy atom. The first-order valence-electron chi connectivity index (χ1n) is 11.1. The number of ether oxygens (including phenoxy) is 2. The van der Waals surface area contributed by atoms with Crippen molar-refractivity contribution in [3.8, 4) is 11.5 Å². The minimum Gasteiger partial charge on any atom is -0.485 e. The van der Waals surface area contributed by atoms with Gasteiger partial charge in [0.25, 0.3) is 0 Å². The van der Waals surface area contributed by atoms with Crippen molar-refractivity contribution in [2.45, 2.75) is 70.3 Å². The molecule has 0 N–H and O–H groups in total. The van der Waals surface area contributed by atoms with E-state index in [0.29, 0.717) is 0 Å². The molecule has 3 heteroatoms. The Bertz CT molecular complexity index is 1140. The smallest absolute Gasteiger partial charge is 0.323 e. The molecule has 3 aliphatic rings. The average molecular weight is 415 g/mol. The van der Waals surface area contributed by atoms with Crippen molar-refractivity contribution in [2.75, 3.05) is 0 Å². The first-order valence-corrected chi connectivity index (χ1v) is 11.1. The van der Waals surface area contributed by atoms with Crippen molar-refractivity contribution in [3.63, 3.8) is 0 Å². The first kappa shape index (κ1) is 20.1. The zero-order valence-corrected chi connectivity index (χ0v) is 19.2. The summed E-state index contributed by atoms with van der Waals surface area (Å²) in [6, 6.07) is 10.6. The zero-order valence-electron chi connectivity index (χ0n) is 19.2. The average Bonchev–Trinajstić information content (AvgIpc) is 3.21. The summed E-state index contributed by atoms with van der Waals surface area (Å²) in [7, 11) is 0. The number of carbonyl (C=O) groups excluding carboxylic acids is 1. The Kier molecular flexibility index (Phi) is 4.28. The van der Waals surface area contributed by atoms with E-state index in [1.165, 1.54) is 5.56 Å². The summed E-state index contributed by atoms with van der Waals surface area (Å²) in [5, 5.41) is 0. The van der Waals surface area contributed by atoms with Gasteiger partial charge in [0, 0.05) is 22.6 Å². The van der Waals surface area contributed by atoms with Gasteiger partial charge in [-0.2, -0.15) is 0 Å². The molecule has 3 unspecified atom stereocenters. The quantitative estimate of drug-likeness (QED) is 0.406. The van der Waals surface area contributed by atoms with Gasteiger partial charge in [0.1, 0.15) is 23.5 Å². The van der Waals surface area contributed by atoms with Crippen LogP contribution >= 0.6 is 0 Å². The molecule has 3 atom stereocenters. The van der Waals surface area contributed by atoms with E-state index in [4.69, 9.17) is 9.47 Å². The molecule has 1 aliphatic carbocycles. The van der Waals surface area contributed by atoms with Gasteiger partial charge in [-0.1, -0.05) is 84.0 Å². The van der Waals surface area contributed by atoms with E-state index in [2.05, 4.69) is 78.0 Å². The summed E-state index contributed by atoms with van der Waals surface area (Å²) in [5.74, 6) is 1.24. The zero-order chi connectivity index (χ0) is 22.1. The molecule has 160 valence electrons. The molecule has 0 amide bonds. The summed E-state index contributed by atoms with van der Waals surface area (Å²) in [4.78, 5) is 13.2. The molecule has 2 heterocycles. The lowest BCUT2D eigenvalue weighted by atomic mass is 9.77. The van der Waals surface area contributed by atoms with E-state index in [-0.39, 0.29) is 28.8 Å². The lowest BCUT2D eigenvalue weighted by Crippen LogP contribution is -2.17. The number of hydrogen-bond donors (Lipinski definition) is 0. The van der Waals surface area contributed by atoms with Crippen molar-refractivity contribution < 1.29 is 14.3 Å². The van der Waals surface area contributed by atoms with Gasteiger partial charge in [-0.25, -0.2) is 0 Å². The van der Waals surface area contributed by atoms with E-state index in [9.17, 15) is 4.79 Å². The number of benzene rings is 2. The van der Waals surface area contributed by atoms with Crippen LogP contribution in [0.25, 0.3) is 0 Å². The van der Waals surface area contributed by atoms with Crippen LogP contribution in [0.4, 0.5) is 0 Å². The van der Waals surface area contributed by atoms with E-state index in [1.807, 2.05) is 18.2 Å². The molecule has 31 heavy (non-hydrogen) atoms. The minimum atomic E-state index is -0.411.